The zero-order chi connectivity index (χ0) is 27.0. The van der Waals surface area contributed by atoms with Crippen molar-refractivity contribution < 1.29 is 14.7 Å². The number of rotatable bonds is 11. The molecule has 0 unspecified atom stereocenters. The quantitative estimate of drug-likeness (QED) is 0.155. The number of carboxylic acids is 1. The van der Waals surface area contributed by atoms with Gasteiger partial charge >= 0.3 is 5.97 Å². The van der Waals surface area contributed by atoms with Crippen molar-refractivity contribution in [2.45, 2.75) is 24.0 Å². The van der Waals surface area contributed by atoms with Gasteiger partial charge in [-0.15, -0.1) is 0 Å². The minimum absolute atomic E-state index is 0.0155. The molecule has 0 atom stereocenters. The van der Waals surface area contributed by atoms with Gasteiger partial charge in [0, 0.05) is 18.0 Å². The van der Waals surface area contributed by atoms with Crippen molar-refractivity contribution in [3.63, 3.8) is 0 Å². The first-order chi connectivity index (χ1) is 19.1. The highest BCUT2D eigenvalue weighted by atomic mass is 32.2. The lowest BCUT2D eigenvalue weighted by Gasteiger charge is -2.28. The van der Waals surface area contributed by atoms with Crippen molar-refractivity contribution in [2.24, 2.45) is 0 Å². The van der Waals surface area contributed by atoms with E-state index in [0.717, 1.165) is 27.8 Å². The molecule has 0 bridgehead atoms. The number of carbonyl (C=O) groups is 2. The van der Waals surface area contributed by atoms with Crippen LogP contribution in [0.4, 0.5) is 5.69 Å². The maximum atomic E-state index is 14.2. The standard InChI is InChI=1S/C32H29N3O3S/c36-29(37)23-35-28-20-11-10-19-27(28)33-32(35)39-22-12-21-34(26-17-8-3-9-18-26)31(38)30(24-13-4-1-5-14-24)25-15-6-2-7-16-25/h1-11,13-20,30H,12,21-23H2,(H,36,37). The Bertz CT molecular complexity index is 1500. The van der Waals surface area contributed by atoms with Crippen molar-refractivity contribution in [1.82, 2.24) is 9.55 Å². The number of thioether (sulfide) groups is 1. The van der Waals surface area contributed by atoms with Gasteiger partial charge in [0.2, 0.25) is 5.91 Å². The number of anilines is 1. The normalized spacial score (nSPS) is 11.1. The molecule has 39 heavy (non-hydrogen) atoms. The summed E-state index contributed by atoms with van der Waals surface area (Å²) in [5.41, 5.74) is 4.33. The van der Waals surface area contributed by atoms with E-state index < -0.39 is 11.9 Å². The molecule has 0 aliphatic carbocycles. The van der Waals surface area contributed by atoms with E-state index in [1.807, 2.05) is 120 Å². The molecule has 196 valence electrons. The Balaban J connectivity index is 1.37. The number of aromatic nitrogens is 2. The van der Waals surface area contributed by atoms with Crippen LogP contribution in [0.15, 0.2) is 120 Å². The smallest absolute Gasteiger partial charge is 0.323 e. The number of hydrogen-bond acceptors (Lipinski definition) is 4. The second kappa shape index (κ2) is 12.5. The second-order valence-electron chi connectivity index (χ2n) is 9.14. The van der Waals surface area contributed by atoms with Crippen molar-refractivity contribution in [3.8, 4) is 0 Å². The Morgan fingerprint density at radius 1 is 0.795 bits per heavy atom. The Kier molecular flexibility index (Phi) is 8.39. The fourth-order valence-corrected chi connectivity index (χ4v) is 5.67. The Labute approximate surface area is 231 Å². The largest absolute Gasteiger partial charge is 0.480 e. The fraction of sp³-hybridized carbons (Fsp3) is 0.156. The molecule has 0 aliphatic heterocycles. The van der Waals surface area contributed by atoms with Gasteiger partial charge in [0.1, 0.15) is 6.54 Å². The van der Waals surface area contributed by atoms with Crippen LogP contribution >= 0.6 is 11.8 Å². The maximum absolute atomic E-state index is 14.2. The predicted octanol–water partition coefficient (Wildman–Crippen LogP) is 6.47. The summed E-state index contributed by atoms with van der Waals surface area (Å²) < 4.78 is 1.74. The summed E-state index contributed by atoms with van der Waals surface area (Å²) in [5.74, 6) is -0.642. The number of hydrogen-bond donors (Lipinski definition) is 1. The summed E-state index contributed by atoms with van der Waals surface area (Å²) in [4.78, 5) is 32.3. The Morgan fingerprint density at radius 2 is 1.36 bits per heavy atom. The van der Waals surface area contributed by atoms with E-state index in [-0.39, 0.29) is 12.5 Å². The zero-order valence-corrected chi connectivity index (χ0v) is 22.2. The minimum Gasteiger partial charge on any atom is -0.480 e. The van der Waals surface area contributed by atoms with Crippen LogP contribution in [0.5, 0.6) is 0 Å². The number of para-hydroxylation sites is 3. The molecule has 1 aromatic heterocycles. The van der Waals surface area contributed by atoms with Crippen LogP contribution in [0.25, 0.3) is 11.0 Å². The van der Waals surface area contributed by atoms with Crippen LogP contribution in [-0.4, -0.2) is 38.8 Å². The zero-order valence-electron chi connectivity index (χ0n) is 21.4. The highest BCUT2D eigenvalue weighted by Gasteiger charge is 2.28. The van der Waals surface area contributed by atoms with Gasteiger partial charge < -0.3 is 14.6 Å². The number of amides is 1. The maximum Gasteiger partial charge on any atom is 0.323 e. The number of carbonyl (C=O) groups excluding carboxylic acids is 1. The molecule has 1 N–H and O–H groups in total. The van der Waals surface area contributed by atoms with Crippen LogP contribution in [0, 0.1) is 0 Å². The van der Waals surface area contributed by atoms with E-state index in [9.17, 15) is 14.7 Å². The molecular weight excluding hydrogens is 506 g/mol. The van der Waals surface area contributed by atoms with Crippen LogP contribution in [0.3, 0.4) is 0 Å². The van der Waals surface area contributed by atoms with Crippen molar-refractivity contribution in [1.29, 1.82) is 0 Å². The van der Waals surface area contributed by atoms with Crippen molar-refractivity contribution >= 4 is 40.4 Å². The number of imidazole rings is 1. The lowest BCUT2D eigenvalue weighted by atomic mass is 9.89. The molecule has 5 rings (SSSR count). The molecule has 1 heterocycles. The monoisotopic (exact) mass is 535 g/mol. The van der Waals surface area contributed by atoms with Crippen molar-refractivity contribution in [3.05, 3.63) is 126 Å². The topological polar surface area (TPSA) is 75.4 Å². The van der Waals surface area contributed by atoms with Gasteiger partial charge in [-0.2, -0.15) is 0 Å². The summed E-state index contributed by atoms with van der Waals surface area (Å²) >= 11 is 1.52. The molecule has 1 amide bonds. The highest BCUT2D eigenvalue weighted by molar-refractivity contribution is 7.99. The van der Waals surface area contributed by atoms with Gasteiger partial charge in [-0.25, -0.2) is 4.98 Å². The molecule has 7 heteroatoms. The van der Waals surface area contributed by atoms with E-state index in [1.54, 1.807) is 4.57 Å². The third-order valence-electron chi connectivity index (χ3n) is 6.52. The fourth-order valence-electron chi connectivity index (χ4n) is 4.74. The molecule has 0 spiro atoms. The number of carboxylic acid groups (broad SMARTS) is 1. The summed E-state index contributed by atoms with van der Waals surface area (Å²) in [6, 6.07) is 37.1. The van der Waals surface area contributed by atoms with E-state index in [1.165, 1.54) is 11.8 Å². The van der Waals surface area contributed by atoms with Gasteiger partial charge in [0.25, 0.3) is 0 Å². The van der Waals surface area contributed by atoms with E-state index in [4.69, 9.17) is 0 Å². The van der Waals surface area contributed by atoms with Crippen molar-refractivity contribution in [2.75, 3.05) is 17.2 Å². The van der Waals surface area contributed by atoms with Gasteiger partial charge in [0.15, 0.2) is 5.16 Å². The average molecular weight is 536 g/mol. The molecule has 0 saturated carbocycles. The summed E-state index contributed by atoms with van der Waals surface area (Å²) in [5, 5.41) is 10.1. The first kappa shape index (κ1) is 26.3. The molecule has 0 saturated heterocycles. The average Bonchev–Trinajstić information content (AvgIpc) is 3.31. The predicted molar refractivity (Wildman–Crippen MR) is 156 cm³/mol. The van der Waals surface area contributed by atoms with E-state index in [2.05, 4.69) is 4.98 Å². The van der Waals surface area contributed by atoms with Crippen LogP contribution < -0.4 is 4.90 Å². The number of fused-ring (bicyclic) bond motifs is 1. The number of nitrogens with zero attached hydrogens (tertiary/aromatic N) is 3. The van der Waals surface area contributed by atoms with E-state index in [0.29, 0.717) is 23.9 Å². The molecule has 4 aromatic carbocycles. The first-order valence-corrected chi connectivity index (χ1v) is 13.9. The van der Waals surface area contributed by atoms with Crippen LogP contribution in [-0.2, 0) is 16.1 Å². The number of aliphatic carboxylic acids is 1. The Morgan fingerprint density at radius 3 is 1.97 bits per heavy atom. The molecular formula is C32H29N3O3S. The molecule has 0 fully saturated rings. The highest BCUT2D eigenvalue weighted by Crippen LogP contribution is 2.30. The lowest BCUT2D eigenvalue weighted by molar-refractivity contribution is -0.137. The molecule has 6 nitrogen and oxygen atoms in total. The van der Waals surface area contributed by atoms with Gasteiger partial charge in [-0.3, -0.25) is 9.59 Å². The Hall–Kier alpha value is -4.36. The second-order valence-corrected chi connectivity index (χ2v) is 10.2. The van der Waals surface area contributed by atoms with Gasteiger partial charge in [0.05, 0.1) is 17.0 Å². The summed E-state index contributed by atoms with van der Waals surface area (Å²) in [6.45, 7) is 0.373. The minimum atomic E-state index is -0.909. The summed E-state index contributed by atoms with van der Waals surface area (Å²) in [6.07, 6.45) is 0.706. The lowest BCUT2D eigenvalue weighted by Crippen LogP contribution is -2.36. The van der Waals surface area contributed by atoms with E-state index >= 15 is 0 Å². The third kappa shape index (κ3) is 6.21. The molecule has 0 aliphatic rings. The summed E-state index contributed by atoms with van der Waals surface area (Å²) in [7, 11) is 0. The first-order valence-electron chi connectivity index (χ1n) is 12.9. The molecule has 0 radical (unpaired) electrons. The molecule has 5 aromatic rings. The van der Waals surface area contributed by atoms with Gasteiger partial charge in [-0.1, -0.05) is 103 Å². The van der Waals surface area contributed by atoms with Crippen LogP contribution in [0.1, 0.15) is 23.5 Å². The van der Waals surface area contributed by atoms with Crippen LogP contribution in [0.2, 0.25) is 0 Å². The number of benzene rings is 4. The third-order valence-corrected chi connectivity index (χ3v) is 7.58. The van der Waals surface area contributed by atoms with Gasteiger partial charge in [-0.05, 0) is 41.8 Å². The SMILES string of the molecule is O=C(O)Cn1c(SCCCN(C(=O)C(c2ccccc2)c2ccccc2)c2ccccc2)nc2ccccc21.